The monoisotopic (exact) mass is 285 g/mol. The number of hydrogen-bond donors (Lipinski definition) is 1. The molecule has 1 atom stereocenters. The highest BCUT2D eigenvalue weighted by molar-refractivity contribution is 5.95. The third-order valence-corrected chi connectivity index (χ3v) is 3.20. The summed E-state index contributed by atoms with van der Waals surface area (Å²) >= 11 is 0. The molecule has 1 saturated heterocycles. The van der Waals surface area contributed by atoms with Crippen LogP contribution in [-0.4, -0.2) is 41.9 Å². The van der Waals surface area contributed by atoms with Crippen molar-refractivity contribution in [2.24, 2.45) is 0 Å². The van der Waals surface area contributed by atoms with Crippen molar-refractivity contribution in [2.75, 3.05) is 20.1 Å². The number of halogens is 2. The fourth-order valence-electron chi connectivity index (χ4n) is 2.17. The van der Waals surface area contributed by atoms with Gasteiger partial charge in [0.15, 0.2) is 0 Å². The van der Waals surface area contributed by atoms with Crippen LogP contribution in [0.5, 0.6) is 0 Å². The van der Waals surface area contributed by atoms with Gasteiger partial charge in [-0.15, -0.1) is 0 Å². The average Bonchev–Trinajstić information content (AvgIpc) is 2.76. The molecule has 1 aliphatic heterocycles. The number of hydrogen-bond acceptors (Lipinski definition) is 4. The zero-order chi connectivity index (χ0) is 14.9. The molecule has 0 spiro atoms. The molecule has 0 aliphatic carbocycles. The molecule has 1 unspecified atom stereocenters. The van der Waals surface area contributed by atoms with Gasteiger partial charge in [0.25, 0.3) is 5.91 Å². The van der Waals surface area contributed by atoms with E-state index in [9.17, 15) is 23.7 Å². The molecule has 1 aromatic rings. The molecule has 1 heterocycles. The molecule has 0 aromatic heterocycles. The number of nitrogens with zero attached hydrogens (tertiary/aromatic N) is 2. The maximum absolute atomic E-state index is 13.6. The number of likely N-dealkylation sites (N-methyl/N-ethyl adjacent to an activating group) is 1. The second-order valence-electron chi connectivity index (χ2n) is 4.76. The van der Waals surface area contributed by atoms with E-state index in [4.69, 9.17) is 0 Å². The molecule has 2 rings (SSSR count). The Bertz CT molecular complexity index is 565. The molecule has 1 amide bonds. The van der Waals surface area contributed by atoms with Crippen LogP contribution in [0.1, 0.15) is 16.8 Å². The molecule has 108 valence electrons. The summed E-state index contributed by atoms with van der Waals surface area (Å²) in [5.74, 6) is -3.11. The Morgan fingerprint density at radius 2 is 2.15 bits per heavy atom. The first-order chi connectivity index (χ1) is 9.38. The van der Waals surface area contributed by atoms with Crippen LogP contribution >= 0.6 is 0 Å². The number of nitrogens with one attached hydrogen (secondary N) is 1. The van der Waals surface area contributed by atoms with Crippen LogP contribution in [-0.2, 0) is 0 Å². The van der Waals surface area contributed by atoms with Crippen molar-refractivity contribution < 1.29 is 18.5 Å². The maximum Gasteiger partial charge on any atom is 0.307 e. The van der Waals surface area contributed by atoms with E-state index in [2.05, 4.69) is 5.32 Å². The third-order valence-electron chi connectivity index (χ3n) is 3.20. The topological polar surface area (TPSA) is 75.5 Å². The van der Waals surface area contributed by atoms with Gasteiger partial charge in [-0.1, -0.05) is 0 Å². The molecule has 1 N–H and O–H groups in total. The standard InChI is InChI=1S/C12H13F2N3O3/c1-16-3-2-7(6-16)15-12(18)8-4-10(14)11(17(19)20)5-9(8)13/h4-5,7H,2-3,6H2,1H3,(H,15,18). The van der Waals surface area contributed by atoms with Crippen LogP contribution in [0.15, 0.2) is 12.1 Å². The number of benzene rings is 1. The quantitative estimate of drug-likeness (QED) is 0.671. The van der Waals surface area contributed by atoms with Crippen molar-refractivity contribution in [1.29, 1.82) is 0 Å². The van der Waals surface area contributed by atoms with Gasteiger partial charge in [-0.25, -0.2) is 4.39 Å². The third kappa shape index (κ3) is 2.90. The van der Waals surface area contributed by atoms with E-state index in [0.717, 1.165) is 13.0 Å². The number of nitro groups is 1. The summed E-state index contributed by atoms with van der Waals surface area (Å²) in [6.45, 7) is 1.44. The molecule has 1 aromatic carbocycles. The second kappa shape index (κ2) is 5.49. The van der Waals surface area contributed by atoms with Crippen molar-refractivity contribution >= 4 is 11.6 Å². The Balaban J connectivity index is 2.18. The summed E-state index contributed by atoms with van der Waals surface area (Å²) in [6.07, 6.45) is 0.722. The number of carbonyl (C=O) groups excluding carboxylic acids is 1. The minimum Gasteiger partial charge on any atom is -0.348 e. The van der Waals surface area contributed by atoms with Crippen LogP contribution < -0.4 is 5.32 Å². The minimum absolute atomic E-state index is 0.134. The molecule has 6 nitrogen and oxygen atoms in total. The van der Waals surface area contributed by atoms with Gasteiger partial charge in [0, 0.05) is 12.6 Å². The Morgan fingerprint density at radius 3 is 2.70 bits per heavy atom. The first kappa shape index (κ1) is 14.3. The molecule has 0 bridgehead atoms. The molecule has 0 saturated carbocycles. The first-order valence-corrected chi connectivity index (χ1v) is 6.01. The predicted molar refractivity (Wildman–Crippen MR) is 66.4 cm³/mol. The van der Waals surface area contributed by atoms with E-state index in [1.807, 2.05) is 11.9 Å². The zero-order valence-corrected chi connectivity index (χ0v) is 10.7. The van der Waals surface area contributed by atoms with Crippen molar-refractivity contribution in [3.8, 4) is 0 Å². The summed E-state index contributed by atoms with van der Waals surface area (Å²) in [6, 6.07) is 0.845. The highest BCUT2D eigenvalue weighted by Gasteiger charge is 2.25. The zero-order valence-electron chi connectivity index (χ0n) is 10.7. The van der Waals surface area contributed by atoms with Gasteiger partial charge >= 0.3 is 5.69 Å². The molecular formula is C12H13F2N3O3. The van der Waals surface area contributed by atoms with Crippen LogP contribution in [0, 0.1) is 21.7 Å². The predicted octanol–water partition coefficient (Wildman–Crippen LogP) is 1.31. The van der Waals surface area contributed by atoms with Crippen LogP contribution in [0.2, 0.25) is 0 Å². The van der Waals surface area contributed by atoms with Gasteiger partial charge in [-0.05, 0) is 26.1 Å². The van der Waals surface area contributed by atoms with E-state index in [1.165, 1.54) is 0 Å². The Morgan fingerprint density at radius 1 is 1.45 bits per heavy atom. The number of amides is 1. The van der Waals surface area contributed by atoms with Gasteiger partial charge in [0.1, 0.15) is 5.82 Å². The lowest BCUT2D eigenvalue weighted by Crippen LogP contribution is -2.37. The van der Waals surface area contributed by atoms with E-state index < -0.39 is 33.7 Å². The van der Waals surface area contributed by atoms with Gasteiger partial charge in [0.05, 0.1) is 16.6 Å². The molecule has 8 heteroatoms. The largest absolute Gasteiger partial charge is 0.348 e. The lowest BCUT2D eigenvalue weighted by Gasteiger charge is -2.13. The minimum atomic E-state index is -1.23. The van der Waals surface area contributed by atoms with E-state index in [-0.39, 0.29) is 6.04 Å². The van der Waals surface area contributed by atoms with Crippen LogP contribution in [0.3, 0.4) is 0 Å². The fraction of sp³-hybridized carbons (Fsp3) is 0.417. The van der Waals surface area contributed by atoms with Crippen molar-refractivity contribution in [3.63, 3.8) is 0 Å². The number of carbonyl (C=O) groups is 1. The fourth-order valence-corrected chi connectivity index (χ4v) is 2.17. The number of rotatable bonds is 3. The maximum atomic E-state index is 13.6. The van der Waals surface area contributed by atoms with Crippen LogP contribution in [0.25, 0.3) is 0 Å². The summed E-state index contributed by atoms with van der Waals surface area (Å²) in [5.41, 5.74) is -1.51. The lowest BCUT2D eigenvalue weighted by molar-refractivity contribution is -0.387. The SMILES string of the molecule is CN1CCC(NC(=O)c2cc(F)c([N+](=O)[O-])cc2F)C1. The van der Waals surface area contributed by atoms with Crippen molar-refractivity contribution in [3.05, 3.63) is 39.4 Å². The van der Waals surface area contributed by atoms with Gasteiger partial charge < -0.3 is 10.2 Å². The van der Waals surface area contributed by atoms with E-state index in [0.29, 0.717) is 18.7 Å². The summed E-state index contributed by atoms with van der Waals surface area (Å²) < 4.78 is 27.1. The summed E-state index contributed by atoms with van der Waals surface area (Å²) in [7, 11) is 1.89. The first-order valence-electron chi connectivity index (χ1n) is 6.01. The Kier molecular flexibility index (Phi) is 3.93. The summed E-state index contributed by atoms with van der Waals surface area (Å²) in [5, 5.41) is 13.0. The normalized spacial score (nSPS) is 19.1. The van der Waals surface area contributed by atoms with E-state index in [1.54, 1.807) is 0 Å². The Hall–Kier alpha value is -2.09. The highest BCUT2D eigenvalue weighted by Crippen LogP contribution is 2.21. The van der Waals surface area contributed by atoms with Gasteiger partial charge in [-0.3, -0.25) is 14.9 Å². The number of likely N-dealkylation sites (tertiary alicyclic amines) is 1. The number of nitro benzene ring substituents is 1. The average molecular weight is 285 g/mol. The summed E-state index contributed by atoms with van der Waals surface area (Å²) in [4.78, 5) is 23.3. The molecule has 1 fully saturated rings. The molecule has 20 heavy (non-hydrogen) atoms. The highest BCUT2D eigenvalue weighted by atomic mass is 19.1. The Labute approximate surface area is 113 Å². The molecular weight excluding hydrogens is 272 g/mol. The smallest absolute Gasteiger partial charge is 0.307 e. The molecule has 0 radical (unpaired) electrons. The van der Waals surface area contributed by atoms with Crippen molar-refractivity contribution in [1.82, 2.24) is 10.2 Å². The second-order valence-corrected chi connectivity index (χ2v) is 4.76. The van der Waals surface area contributed by atoms with Gasteiger partial charge in [0.2, 0.25) is 5.82 Å². The van der Waals surface area contributed by atoms with E-state index >= 15 is 0 Å². The van der Waals surface area contributed by atoms with Crippen molar-refractivity contribution in [2.45, 2.75) is 12.5 Å². The van der Waals surface area contributed by atoms with Crippen LogP contribution in [0.4, 0.5) is 14.5 Å². The van der Waals surface area contributed by atoms with Gasteiger partial charge in [-0.2, -0.15) is 4.39 Å². The molecule has 1 aliphatic rings. The lowest BCUT2D eigenvalue weighted by atomic mass is 10.1.